The fourth-order valence-electron chi connectivity index (χ4n) is 0. The average Bonchev–Trinajstić information content (AvgIpc) is 0. The average molecular weight is 626 g/mol. The van der Waals surface area contributed by atoms with Crippen molar-refractivity contribution >= 4 is 85.3 Å². The zero-order valence-corrected chi connectivity index (χ0v) is 16.5. The third-order valence-corrected chi connectivity index (χ3v) is 0. The monoisotopic (exact) mass is 629 g/mol. The summed E-state index contributed by atoms with van der Waals surface area (Å²) in [7, 11) is 0. The van der Waals surface area contributed by atoms with Crippen molar-refractivity contribution in [2.24, 2.45) is 0 Å². The Morgan fingerprint density at radius 3 is 0.333 bits per heavy atom. The van der Waals surface area contributed by atoms with E-state index in [-0.39, 0.29) is 154 Å². The van der Waals surface area contributed by atoms with Crippen LogP contribution in [0.1, 0.15) is 0 Å². The fraction of sp³-hybridized carbons (Fsp3) is 0. The first kappa shape index (κ1) is 100. The van der Waals surface area contributed by atoms with E-state index in [4.69, 9.17) is 0 Å². The third kappa shape index (κ3) is 65.8. The minimum Gasteiger partial charge on any atom is -2.00 e. The number of hydrogen-bond donors (Lipinski definition) is 0. The van der Waals surface area contributed by atoms with Gasteiger partial charge >= 0.3 is 68.9 Å². The molecule has 0 aliphatic rings. The van der Waals surface area contributed by atoms with Crippen molar-refractivity contribution in [1.29, 1.82) is 0 Å². The summed E-state index contributed by atoms with van der Waals surface area (Å²) in [5.74, 6) is 0. The van der Waals surface area contributed by atoms with Crippen LogP contribution in [0, 0.1) is 0 Å². The summed E-state index contributed by atoms with van der Waals surface area (Å²) < 4.78 is 0. The maximum absolute atomic E-state index is 0. The van der Waals surface area contributed by atoms with E-state index in [2.05, 4.69) is 0 Å². The second kappa shape index (κ2) is 78.7. The molecule has 0 heterocycles. The van der Waals surface area contributed by atoms with E-state index >= 15 is 0 Å². The predicted molar refractivity (Wildman–Crippen MR) is 28.8 cm³/mol. The summed E-state index contributed by atoms with van der Waals surface area (Å²) >= 11 is 0. The van der Waals surface area contributed by atoms with Crippen molar-refractivity contribution in [3.8, 4) is 0 Å². The quantitative estimate of drug-likeness (QED) is 0.276. The molecule has 0 atom stereocenters. The van der Waals surface area contributed by atoms with Crippen molar-refractivity contribution in [3.63, 3.8) is 0 Å². The van der Waals surface area contributed by atoms with E-state index in [1.807, 2.05) is 0 Å². The van der Waals surface area contributed by atoms with Gasteiger partial charge in [0.25, 0.3) is 0 Å². The minimum atomic E-state index is 0. The van der Waals surface area contributed by atoms with Gasteiger partial charge in [0.15, 0.2) is 0 Å². The molecule has 0 fully saturated rings. The summed E-state index contributed by atoms with van der Waals surface area (Å²) in [5, 5.41) is 0. The van der Waals surface area contributed by atoms with Crippen LogP contribution >= 0.6 is 0 Å². The van der Waals surface area contributed by atoms with Crippen LogP contribution in [0.15, 0.2) is 0 Å². The van der Waals surface area contributed by atoms with Gasteiger partial charge < -0.3 is 85.3 Å². The maximum Gasteiger partial charge on any atom is 3.00 e. The van der Waals surface area contributed by atoms with Gasteiger partial charge in [0.2, 0.25) is 0 Å². The molecule has 0 aromatic rings. The third-order valence-electron chi connectivity index (χ3n) is 0. The van der Waals surface area contributed by atoms with Gasteiger partial charge in [-0.05, 0) is 0 Å². The van der Waals surface area contributed by atoms with Crippen molar-refractivity contribution in [2.75, 3.05) is 0 Å². The zero-order valence-electron chi connectivity index (χ0n) is 3.46. The van der Waals surface area contributed by atoms with Gasteiger partial charge in [-0.1, -0.05) is 0 Å². The van der Waals surface area contributed by atoms with Crippen LogP contribution in [0.3, 0.4) is 0 Å². The zero-order chi connectivity index (χ0) is 0. The normalized spacial score (nSPS) is 0. The molecule has 0 nitrogen and oxygen atoms in total. The van der Waals surface area contributed by atoms with E-state index in [1.54, 1.807) is 0 Å². The summed E-state index contributed by atoms with van der Waals surface area (Å²) in [5.41, 5.74) is 0. The number of rotatable bonds is 0. The molecule has 0 aromatic carbocycles. The Morgan fingerprint density at radius 1 is 0.333 bits per heavy atom. The van der Waals surface area contributed by atoms with Crippen molar-refractivity contribution in [3.05, 3.63) is 0 Å². The Balaban J connectivity index is 0. The first-order chi connectivity index (χ1) is 0. The van der Waals surface area contributed by atoms with E-state index in [1.165, 1.54) is 0 Å². The summed E-state index contributed by atoms with van der Waals surface area (Å²) in [6, 6.07) is 0. The maximum atomic E-state index is 0. The van der Waals surface area contributed by atoms with Gasteiger partial charge in [-0.3, -0.25) is 0 Å². The molecule has 9 heteroatoms. The molecule has 0 unspecified atom stereocenters. The van der Waals surface area contributed by atoms with Crippen LogP contribution in [-0.4, -0.2) is 85.3 Å². The van der Waals surface area contributed by atoms with Crippen LogP contribution in [0.2, 0.25) is 0 Å². The Hall–Kier alpha value is 4.70. The molecule has 0 aromatic heterocycles. The molecule has 0 saturated carbocycles. The van der Waals surface area contributed by atoms with Crippen LogP contribution in [0.5, 0.6) is 0 Å². The molecule has 0 aliphatic heterocycles. The van der Waals surface area contributed by atoms with Gasteiger partial charge in [-0.25, -0.2) is 0 Å². The fourth-order valence-corrected chi connectivity index (χ4v) is 0. The molecule has 9 heavy (non-hydrogen) atoms. The SMILES string of the molecule is [Cr+3].[Cr+3].[Cu+2].[Cu+2].[Se-2].[Se-2].[Se-2].[Se-2].[Se-2]. The molecule has 0 spiro atoms. The second-order valence-electron chi connectivity index (χ2n) is 0. The standard InChI is InChI=1S/2Cr.2Cu.5Se/q2*+3;2*+2;5*-2. The van der Waals surface area contributed by atoms with Gasteiger partial charge in [-0.2, -0.15) is 0 Å². The van der Waals surface area contributed by atoms with E-state index < -0.39 is 0 Å². The Morgan fingerprint density at radius 2 is 0.333 bits per heavy atom. The topological polar surface area (TPSA) is 0 Å². The molecular formula is Cr2Cu2Se5. The summed E-state index contributed by atoms with van der Waals surface area (Å²) in [6.07, 6.45) is 0. The van der Waals surface area contributed by atoms with E-state index in [0.29, 0.717) is 0 Å². The van der Waals surface area contributed by atoms with E-state index in [0.717, 1.165) is 0 Å². The Kier molecular flexibility index (Phi) is 874. The molecule has 4 radical (unpaired) electrons. The molecule has 64 valence electrons. The van der Waals surface area contributed by atoms with Gasteiger partial charge in [0.1, 0.15) is 0 Å². The van der Waals surface area contributed by atoms with Gasteiger partial charge in [-0.15, -0.1) is 0 Å². The van der Waals surface area contributed by atoms with Crippen molar-refractivity contribution < 1.29 is 68.9 Å². The Bertz CT molecular complexity index is 12.9. The minimum absolute atomic E-state index is 0. The van der Waals surface area contributed by atoms with Crippen LogP contribution in [0.4, 0.5) is 0 Å². The first-order valence-electron chi connectivity index (χ1n) is 0. The molecular weight excluding hydrogens is 626 g/mol. The smallest absolute Gasteiger partial charge is 2.00 e. The number of hydrogen-bond acceptors (Lipinski definition) is 0. The van der Waals surface area contributed by atoms with Crippen LogP contribution in [-0.2, 0) is 68.9 Å². The van der Waals surface area contributed by atoms with E-state index in [9.17, 15) is 0 Å². The molecule has 0 amide bonds. The predicted octanol–water partition coefficient (Wildman–Crippen LogP) is -1.91. The Labute approximate surface area is 151 Å². The van der Waals surface area contributed by atoms with Crippen LogP contribution in [0.25, 0.3) is 0 Å². The van der Waals surface area contributed by atoms with Gasteiger partial charge in [0, 0.05) is 0 Å². The van der Waals surface area contributed by atoms with Crippen molar-refractivity contribution in [1.82, 2.24) is 0 Å². The summed E-state index contributed by atoms with van der Waals surface area (Å²) in [6.45, 7) is 0. The second-order valence-corrected chi connectivity index (χ2v) is 0. The molecule has 0 saturated heterocycles. The molecule has 0 N–H and O–H groups in total. The van der Waals surface area contributed by atoms with Gasteiger partial charge in [0.05, 0.1) is 0 Å². The largest absolute Gasteiger partial charge is 3.00 e. The molecule has 0 rings (SSSR count). The molecule has 0 aliphatic carbocycles. The molecule has 0 bridgehead atoms. The van der Waals surface area contributed by atoms with Crippen LogP contribution < -0.4 is 0 Å². The van der Waals surface area contributed by atoms with Crippen molar-refractivity contribution in [2.45, 2.75) is 0 Å². The summed E-state index contributed by atoms with van der Waals surface area (Å²) in [4.78, 5) is 0. The first-order valence-corrected chi connectivity index (χ1v) is 0.